The Hall–Kier alpha value is -2.14. The molecule has 0 fully saturated rings. The number of fused-ring (bicyclic) bond motifs is 1. The van der Waals surface area contributed by atoms with Crippen molar-refractivity contribution in [2.75, 3.05) is 33.0 Å². The van der Waals surface area contributed by atoms with E-state index in [2.05, 4.69) is 4.98 Å². The van der Waals surface area contributed by atoms with Crippen LogP contribution in [0.25, 0.3) is 10.8 Å². The Balaban J connectivity index is 2.22. The smallest absolute Gasteiger partial charge is 0.272 e. The summed E-state index contributed by atoms with van der Waals surface area (Å²) in [6.45, 7) is 1.26. The van der Waals surface area contributed by atoms with Crippen molar-refractivity contribution in [3.05, 3.63) is 36.0 Å². The number of rotatable bonds is 5. The second kappa shape index (κ2) is 6.34. The molecule has 0 saturated carbocycles. The van der Waals surface area contributed by atoms with Crippen molar-refractivity contribution >= 4 is 22.5 Å². The summed E-state index contributed by atoms with van der Waals surface area (Å²) in [5, 5.41) is 1.79. The minimum Gasteiger partial charge on any atom is -0.385 e. The number of nitrogens with zero attached hydrogens (tertiary/aromatic N) is 2. The summed E-state index contributed by atoms with van der Waals surface area (Å²) in [5.41, 5.74) is 6.29. The van der Waals surface area contributed by atoms with Gasteiger partial charge in [-0.25, -0.2) is 4.98 Å². The van der Waals surface area contributed by atoms with Crippen LogP contribution in [0.4, 0.5) is 5.82 Å². The van der Waals surface area contributed by atoms with Crippen LogP contribution in [0.15, 0.2) is 30.3 Å². The third-order valence-corrected chi connectivity index (χ3v) is 3.18. The van der Waals surface area contributed by atoms with Gasteiger partial charge in [-0.1, -0.05) is 24.3 Å². The molecule has 1 heterocycles. The molecule has 5 nitrogen and oxygen atoms in total. The number of methoxy groups -OCH3 is 1. The molecule has 1 aromatic carbocycles. The standard InChI is InChI=1S/C15H19N3O2/c1-18(8-5-9-20-2)15(19)13-10-11-6-3-4-7-12(11)14(16)17-13/h3-4,6-7,10H,5,8-9H2,1-2H3,(H2,16,17). The normalized spacial score (nSPS) is 10.7. The largest absolute Gasteiger partial charge is 0.385 e. The number of nitrogen functional groups attached to an aromatic ring is 1. The number of nitrogens with two attached hydrogens (primary N) is 1. The van der Waals surface area contributed by atoms with E-state index in [0.29, 0.717) is 24.7 Å². The average Bonchev–Trinajstić information content (AvgIpc) is 2.46. The maximum Gasteiger partial charge on any atom is 0.272 e. The number of aromatic nitrogens is 1. The van der Waals surface area contributed by atoms with Gasteiger partial charge in [0, 0.05) is 32.7 Å². The highest BCUT2D eigenvalue weighted by atomic mass is 16.5. The molecule has 20 heavy (non-hydrogen) atoms. The number of amides is 1. The molecule has 0 radical (unpaired) electrons. The van der Waals surface area contributed by atoms with Gasteiger partial charge in [0.15, 0.2) is 0 Å². The van der Waals surface area contributed by atoms with Gasteiger partial charge in [0.25, 0.3) is 5.91 Å². The average molecular weight is 273 g/mol. The van der Waals surface area contributed by atoms with E-state index >= 15 is 0 Å². The topological polar surface area (TPSA) is 68.5 Å². The van der Waals surface area contributed by atoms with Crippen LogP contribution in [0.1, 0.15) is 16.9 Å². The molecular formula is C15H19N3O2. The van der Waals surface area contributed by atoms with Crippen LogP contribution in [-0.2, 0) is 4.74 Å². The first-order valence-corrected chi connectivity index (χ1v) is 6.53. The van der Waals surface area contributed by atoms with Crippen LogP contribution in [0.5, 0.6) is 0 Å². The van der Waals surface area contributed by atoms with E-state index in [0.717, 1.165) is 17.2 Å². The van der Waals surface area contributed by atoms with Crippen molar-refractivity contribution < 1.29 is 9.53 Å². The van der Waals surface area contributed by atoms with Crippen LogP contribution < -0.4 is 5.73 Å². The second-order valence-corrected chi connectivity index (χ2v) is 4.69. The fraction of sp³-hybridized carbons (Fsp3) is 0.333. The number of hydrogen-bond acceptors (Lipinski definition) is 4. The van der Waals surface area contributed by atoms with E-state index in [4.69, 9.17) is 10.5 Å². The highest BCUT2D eigenvalue weighted by Crippen LogP contribution is 2.20. The number of benzene rings is 1. The number of carbonyl (C=O) groups excluding carboxylic acids is 1. The van der Waals surface area contributed by atoms with Crippen LogP contribution >= 0.6 is 0 Å². The summed E-state index contributed by atoms with van der Waals surface area (Å²) in [7, 11) is 3.40. The first-order valence-electron chi connectivity index (χ1n) is 6.53. The van der Waals surface area contributed by atoms with E-state index in [1.807, 2.05) is 24.3 Å². The molecule has 0 saturated heterocycles. The van der Waals surface area contributed by atoms with Gasteiger partial charge in [0.05, 0.1) is 0 Å². The molecule has 106 valence electrons. The Morgan fingerprint density at radius 1 is 1.40 bits per heavy atom. The number of anilines is 1. The Labute approximate surface area is 118 Å². The molecule has 0 aliphatic heterocycles. The van der Waals surface area contributed by atoms with E-state index in [9.17, 15) is 4.79 Å². The molecule has 1 aromatic heterocycles. The van der Waals surface area contributed by atoms with E-state index in [-0.39, 0.29) is 5.91 Å². The first kappa shape index (κ1) is 14.3. The third kappa shape index (κ3) is 3.05. The lowest BCUT2D eigenvalue weighted by molar-refractivity contribution is 0.0774. The molecule has 5 heteroatoms. The summed E-state index contributed by atoms with van der Waals surface area (Å²) in [5.74, 6) is 0.260. The minimum atomic E-state index is -0.126. The van der Waals surface area contributed by atoms with Crippen LogP contribution in [0, 0.1) is 0 Å². The maximum absolute atomic E-state index is 12.3. The molecular weight excluding hydrogens is 254 g/mol. The predicted octanol–water partition coefficient (Wildman–Crippen LogP) is 1.93. The summed E-state index contributed by atoms with van der Waals surface area (Å²) in [6, 6.07) is 9.42. The van der Waals surface area contributed by atoms with Crippen LogP contribution in [-0.4, -0.2) is 43.1 Å². The summed E-state index contributed by atoms with van der Waals surface area (Å²) < 4.78 is 4.98. The number of ether oxygens (including phenoxy) is 1. The van der Waals surface area contributed by atoms with Crippen molar-refractivity contribution in [1.29, 1.82) is 0 Å². The molecule has 0 unspecified atom stereocenters. The minimum absolute atomic E-state index is 0.126. The Morgan fingerprint density at radius 2 is 2.15 bits per heavy atom. The first-order chi connectivity index (χ1) is 9.63. The van der Waals surface area contributed by atoms with Crippen molar-refractivity contribution in [1.82, 2.24) is 9.88 Å². The third-order valence-electron chi connectivity index (χ3n) is 3.18. The Kier molecular flexibility index (Phi) is 4.53. The number of hydrogen-bond donors (Lipinski definition) is 1. The molecule has 0 atom stereocenters. The molecule has 0 bridgehead atoms. The predicted molar refractivity (Wildman–Crippen MR) is 79.6 cm³/mol. The van der Waals surface area contributed by atoms with Gasteiger partial charge in [0.2, 0.25) is 0 Å². The summed E-state index contributed by atoms with van der Waals surface area (Å²) in [4.78, 5) is 18.1. The van der Waals surface area contributed by atoms with E-state index < -0.39 is 0 Å². The lowest BCUT2D eigenvalue weighted by Gasteiger charge is -2.17. The molecule has 2 N–H and O–H groups in total. The van der Waals surface area contributed by atoms with Crippen molar-refractivity contribution in [3.63, 3.8) is 0 Å². The van der Waals surface area contributed by atoms with Crippen LogP contribution in [0.3, 0.4) is 0 Å². The molecule has 0 spiro atoms. The zero-order valence-electron chi connectivity index (χ0n) is 11.8. The lowest BCUT2D eigenvalue weighted by atomic mass is 10.1. The number of pyridine rings is 1. The SMILES string of the molecule is COCCCN(C)C(=O)c1cc2ccccc2c(N)n1. The fourth-order valence-corrected chi connectivity index (χ4v) is 2.08. The van der Waals surface area contributed by atoms with Crippen molar-refractivity contribution in [2.24, 2.45) is 0 Å². The summed E-state index contributed by atoms with van der Waals surface area (Å²) in [6.07, 6.45) is 0.793. The summed E-state index contributed by atoms with van der Waals surface area (Å²) >= 11 is 0. The Morgan fingerprint density at radius 3 is 2.90 bits per heavy atom. The quantitative estimate of drug-likeness (QED) is 0.845. The van der Waals surface area contributed by atoms with Crippen molar-refractivity contribution in [3.8, 4) is 0 Å². The van der Waals surface area contributed by atoms with Gasteiger partial charge in [-0.15, -0.1) is 0 Å². The lowest BCUT2D eigenvalue weighted by Crippen LogP contribution is -2.29. The highest BCUT2D eigenvalue weighted by molar-refractivity contribution is 5.99. The Bertz CT molecular complexity index is 613. The van der Waals surface area contributed by atoms with Crippen LogP contribution in [0.2, 0.25) is 0 Å². The molecule has 0 aliphatic carbocycles. The maximum atomic E-state index is 12.3. The van der Waals surface area contributed by atoms with Gasteiger partial charge < -0.3 is 15.4 Å². The fourth-order valence-electron chi connectivity index (χ4n) is 2.08. The monoisotopic (exact) mass is 273 g/mol. The zero-order chi connectivity index (χ0) is 14.5. The molecule has 2 aromatic rings. The van der Waals surface area contributed by atoms with Gasteiger partial charge in [-0.05, 0) is 17.9 Å². The van der Waals surface area contributed by atoms with Gasteiger partial charge in [-0.2, -0.15) is 0 Å². The second-order valence-electron chi connectivity index (χ2n) is 4.69. The molecule has 0 aliphatic rings. The van der Waals surface area contributed by atoms with Gasteiger partial charge >= 0.3 is 0 Å². The molecule has 2 rings (SSSR count). The van der Waals surface area contributed by atoms with Crippen molar-refractivity contribution in [2.45, 2.75) is 6.42 Å². The zero-order valence-corrected chi connectivity index (χ0v) is 11.8. The highest BCUT2D eigenvalue weighted by Gasteiger charge is 2.14. The van der Waals surface area contributed by atoms with Gasteiger partial charge in [-0.3, -0.25) is 4.79 Å². The van der Waals surface area contributed by atoms with Gasteiger partial charge in [0.1, 0.15) is 11.5 Å². The molecule has 1 amide bonds. The van der Waals surface area contributed by atoms with E-state index in [1.165, 1.54) is 0 Å². The number of carbonyl (C=O) groups is 1. The van der Waals surface area contributed by atoms with E-state index in [1.54, 1.807) is 25.1 Å².